The van der Waals surface area contributed by atoms with Gasteiger partial charge in [0.2, 0.25) is 0 Å². The van der Waals surface area contributed by atoms with Gasteiger partial charge in [-0.3, -0.25) is 4.90 Å². The van der Waals surface area contributed by atoms with E-state index in [1.165, 1.54) is 11.1 Å². The molecule has 1 aliphatic rings. The van der Waals surface area contributed by atoms with E-state index in [9.17, 15) is 0 Å². The molecule has 2 rings (SSSR count). The highest BCUT2D eigenvalue weighted by molar-refractivity contribution is 6.20. The molecule has 94 valence electrons. The number of fused-ring (bicyclic) bond motifs is 1. The fourth-order valence-electron chi connectivity index (χ4n) is 1.77. The summed E-state index contributed by atoms with van der Waals surface area (Å²) in [7, 11) is 2.09. The first kappa shape index (κ1) is 13.7. The van der Waals surface area contributed by atoms with Crippen molar-refractivity contribution in [3.8, 4) is 0 Å². The van der Waals surface area contributed by atoms with Crippen molar-refractivity contribution in [2.75, 3.05) is 13.6 Å². The molecule has 0 bridgehead atoms. The summed E-state index contributed by atoms with van der Waals surface area (Å²) in [4.78, 5) is 10.6. The van der Waals surface area contributed by atoms with E-state index in [1.807, 2.05) is 0 Å². The minimum atomic E-state index is -1.50. The van der Waals surface area contributed by atoms with Crippen LogP contribution < -0.4 is 0 Å². The number of benzene rings is 1. The molecule has 1 heterocycles. The molecule has 1 N–H and O–H groups in total. The molecule has 0 radical (unpaired) electrons. The molecule has 1 aromatic carbocycles. The van der Waals surface area contributed by atoms with Gasteiger partial charge < -0.3 is 5.21 Å². The third-order valence-corrected chi connectivity index (χ3v) is 3.21. The Hall–Kier alpha value is -1.33. The van der Waals surface area contributed by atoms with Gasteiger partial charge in [0.25, 0.3) is 5.09 Å². The van der Waals surface area contributed by atoms with E-state index < -0.39 is 5.09 Å². The Balaban J connectivity index is 0.000000317. The van der Waals surface area contributed by atoms with Gasteiger partial charge in [-0.1, -0.05) is 24.3 Å². The van der Waals surface area contributed by atoms with E-state index in [0.717, 1.165) is 19.4 Å². The second kappa shape index (κ2) is 6.42. The van der Waals surface area contributed by atoms with E-state index in [2.05, 4.69) is 36.2 Å². The van der Waals surface area contributed by atoms with Gasteiger partial charge in [-0.2, -0.15) is 0 Å². The van der Waals surface area contributed by atoms with Crippen molar-refractivity contribution < 1.29 is 10.3 Å². The van der Waals surface area contributed by atoms with Gasteiger partial charge in [-0.25, -0.2) is 0 Å². The summed E-state index contributed by atoms with van der Waals surface area (Å²) in [6.07, 6.45) is 2.09. The number of rotatable bonds is 0. The molecule has 0 unspecified atom stereocenters. The summed E-state index contributed by atoms with van der Waals surface area (Å²) >= 11 is 6.23. The Morgan fingerprint density at radius 3 is 2.59 bits per heavy atom. The molecule has 0 saturated carbocycles. The minimum Gasteiger partial charge on any atom is -0.328 e. The van der Waals surface area contributed by atoms with Crippen molar-refractivity contribution in [2.24, 2.45) is 0 Å². The highest BCUT2D eigenvalue weighted by Crippen LogP contribution is 2.20. The van der Waals surface area contributed by atoms with Crippen LogP contribution in [-0.2, 0) is 12.8 Å². The van der Waals surface area contributed by atoms with Crippen molar-refractivity contribution in [1.29, 1.82) is 0 Å². The second-order valence-electron chi connectivity index (χ2n) is 3.88. The Labute approximate surface area is 105 Å². The average molecular weight is 259 g/mol. The summed E-state index contributed by atoms with van der Waals surface area (Å²) in [5, 5.41) is 13.6. The maximum Gasteiger partial charge on any atom is 0.291 e. The van der Waals surface area contributed by atoms with Gasteiger partial charge in [-0.05, 0) is 24.6 Å². The van der Waals surface area contributed by atoms with E-state index >= 15 is 0 Å². The number of hydrogen-bond donors (Lipinski definition) is 1. The molecule has 1 aliphatic heterocycles. The lowest BCUT2D eigenvalue weighted by Crippen LogP contribution is -2.28. The van der Waals surface area contributed by atoms with Crippen LogP contribution in [0.1, 0.15) is 11.1 Å². The largest absolute Gasteiger partial charge is 0.328 e. The molecule has 1 aromatic rings. The zero-order valence-electron chi connectivity index (χ0n) is 9.54. The Bertz CT molecular complexity index is 383. The van der Waals surface area contributed by atoms with Crippen molar-refractivity contribution in [1.82, 2.24) is 4.90 Å². The van der Waals surface area contributed by atoms with Crippen LogP contribution in [-0.4, -0.2) is 34.3 Å². The van der Waals surface area contributed by atoms with E-state index in [-0.39, 0.29) is 5.50 Å². The van der Waals surface area contributed by atoms with Crippen LogP contribution in [0.5, 0.6) is 0 Å². The molecule has 6 heteroatoms. The van der Waals surface area contributed by atoms with Crippen LogP contribution in [0.2, 0.25) is 0 Å². The van der Waals surface area contributed by atoms with Crippen LogP contribution >= 0.6 is 11.6 Å². The molecule has 5 nitrogen and oxygen atoms in total. The monoisotopic (exact) mass is 258 g/mol. The molecular formula is C11H15ClN2O3. The molecule has 0 saturated heterocycles. The number of nitrogens with zero attached hydrogens (tertiary/aromatic N) is 2. The fourth-order valence-corrected chi connectivity index (χ4v) is 2.04. The lowest BCUT2D eigenvalue weighted by molar-refractivity contribution is -0.742. The molecule has 1 atom stereocenters. The first-order valence-corrected chi connectivity index (χ1v) is 5.68. The standard InChI is InChI=1S/C11H14ClN.HNO3/c1-13-7-6-9-4-2-3-5-10(9)8-11(13)12;2-1(3)4/h2-5,11H,6-8H2,1H3;(H,2,3,4)/t11-;/m1./s1. The zero-order chi connectivity index (χ0) is 12.8. The SMILES string of the molecule is CN1CCc2ccccc2C[C@@H]1Cl.O=[N+]([O-])O. The van der Waals surface area contributed by atoms with Crippen molar-refractivity contribution in [3.05, 3.63) is 45.5 Å². The quantitative estimate of drug-likeness (QED) is 0.334. The lowest BCUT2D eigenvalue weighted by atomic mass is 10.0. The second-order valence-corrected chi connectivity index (χ2v) is 4.38. The van der Waals surface area contributed by atoms with Crippen molar-refractivity contribution >= 4 is 11.6 Å². The van der Waals surface area contributed by atoms with E-state index in [4.69, 9.17) is 26.9 Å². The molecule has 0 amide bonds. The highest BCUT2D eigenvalue weighted by Gasteiger charge is 2.17. The maximum atomic E-state index is 8.36. The predicted octanol–water partition coefficient (Wildman–Crippen LogP) is 1.93. The van der Waals surface area contributed by atoms with Crippen LogP contribution in [0.25, 0.3) is 0 Å². The molecule has 0 aromatic heterocycles. The zero-order valence-corrected chi connectivity index (χ0v) is 10.3. The Morgan fingerprint density at radius 2 is 2.00 bits per heavy atom. The van der Waals surface area contributed by atoms with E-state index in [1.54, 1.807) is 0 Å². The van der Waals surface area contributed by atoms with Gasteiger partial charge in [0, 0.05) is 13.0 Å². The number of alkyl halides is 1. The lowest BCUT2D eigenvalue weighted by Gasteiger charge is -2.18. The summed E-state index contributed by atoms with van der Waals surface area (Å²) in [6.45, 7) is 1.06. The molecular weight excluding hydrogens is 244 g/mol. The first-order valence-electron chi connectivity index (χ1n) is 5.25. The van der Waals surface area contributed by atoms with Crippen molar-refractivity contribution in [2.45, 2.75) is 18.3 Å². The van der Waals surface area contributed by atoms with Gasteiger partial charge in [0.1, 0.15) is 0 Å². The molecule has 0 fully saturated rings. The van der Waals surface area contributed by atoms with Gasteiger partial charge in [-0.15, -0.1) is 21.7 Å². The van der Waals surface area contributed by atoms with Crippen LogP contribution in [0, 0.1) is 10.1 Å². The Morgan fingerprint density at radius 1 is 1.47 bits per heavy atom. The summed E-state index contributed by atoms with van der Waals surface area (Å²) in [6, 6.07) is 8.59. The van der Waals surface area contributed by atoms with Gasteiger partial charge in [0.15, 0.2) is 0 Å². The van der Waals surface area contributed by atoms with Crippen molar-refractivity contribution in [3.63, 3.8) is 0 Å². The molecule has 17 heavy (non-hydrogen) atoms. The number of halogens is 1. The molecule has 0 spiro atoms. The predicted molar refractivity (Wildman–Crippen MR) is 64.9 cm³/mol. The first-order chi connectivity index (χ1) is 8.00. The third-order valence-electron chi connectivity index (χ3n) is 2.72. The summed E-state index contributed by atoms with van der Waals surface area (Å²) < 4.78 is 0. The fraction of sp³-hybridized carbons (Fsp3) is 0.455. The van der Waals surface area contributed by atoms with Gasteiger partial charge in [0.05, 0.1) is 5.50 Å². The normalized spacial score (nSPS) is 19.5. The smallest absolute Gasteiger partial charge is 0.291 e. The maximum absolute atomic E-state index is 8.36. The number of hydrogen-bond acceptors (Lipinski definition) is 3. The third kappa shape index (κ3) is 4.58. The number of likely N-dealkylation sites (N-methyl/N-ethyl adjacent to an activating group) is 1. The summed E-state index contributed by atoms with van der Waals surface area (Å²) in [5.74, 6) is 0. The molecule has 0 aliphatic carbocycles. The minimum absolute atomic E-state index is 0.156. The van der Waals surface area contributed by atoms with Crippen LogP contribution in [0.3, 0.4) is 0 Å². The highest BCUT2D eigenvalue weighted by atomic mass is 35.5. The van der Waals surface area contributed by atoms with Crippen LogP contribution in [0.4, 0.5) is 0 Å². The van der Waals surface area contributed by atoms with Gasteiger partial charge >= 0.3 is 0 Å². The summed E-state index contributed by atoms with van der Waals surface area (Å²) in [5.41, 5.74) is 3.02. The Kier molecular flexibility index (Phi) is 5.18. The average Bonchev–Trinajstić information content (AvgIpc) is 2.39. The van der Waals surface area contributed by atoms with Crippen LogP contribution in [0.15, 0.2) is 24.3 Å². The topological polar surface area (TPSA) is 66.6 Å². The van der Waals surface area contributed by atoms with E-state index in [0.29, 0.717) is 0 Å².